The lowest BCUT2D eigenvalue weighted by Gasteiger charge is -2.06. The number of aryl methyl sites for hydroxylation is 2. The number of nitrogens with one attached hydrogen (secondary N) is 1. The van der Waals surface area contributed by atoms with Gasteiger partial charge in [0.15, 0.2) is 0 Å². The molecule has 3 nitrogen and oxygen atoms in total. The zero-order valence-electron chi connectivity index (χ0n) is 13.1. The topological polar surface area (TPSA) is 34.0 Å². The van der Waals surface area contributed by atoms with E-state index in [-0.39, 0.29) is 5.91 Å². The van der Waals surface area contributed by atoms with Crippen LogP contribution in [0.2, 0.25) is 0 Å². The summed E-state index contributed by atoms with van der Waals surface area (Å²) in [7, 11) is 2.03. The van der Waals surface area contributed by atoms with E-state index in [0.717, 1.165) is 24.9 Å². The van der Waals surface area contributed by atoms with Crippen molar-refractivity contribution in [3.63, 3.8) is 0 Å². The molecule has 1 amide bonds. The minimum Gasteiger partial charge on any atom is -0.356 e. The van der Waals surface area contributed by atoms with E-state index in [4.69, 9.17) is 0 Å². The molecule has 3 heteroatoms. The molecule has 0 aliphatic carbocycles. The molecule has 0 aliphatic heterocycles. The summed E-state index contributed by atoms with van der Waals surface area (Å²) in [6, 6.07) is 12.5. The van der Waals surface area contributed by atoms with E-state index < -0.39 is 0 Å². The molecule has 1 N–H and O–H groups in total. The number of carbonyl (C=O) groups excluding carboxylic acids is 1. The molecule has 112 valence electrons. The molecule has 21 heavy (non-hydrogen) atoms. The van der Waals surface area contributed by atoms with Crippen molar-refractivity contribution in [1.29, 1.82) is 0 Å². The van der Waals surface area contributed by atoms with Gasteiger partial charge in [-0.05, 0) is 43.9 Å². The van der Waals surface area contributed by atoms with Gasteiger partial charge < -0.3 is 9.88 Å². The van der Waals surface area contributed by atoms with Gasteiger partial charge >= 0.3 is 0 Å². The van der Waals surface area contributed by atoms with Crippen LogP contribution in [0.4, 0.5) is 0 Å². The molecule has 0 unspecified atom stereocenters. The maximum atomic E-state index is 12.0. The quantitative estimate of drug-likeness (QED) is 0.813. The number of rotatable bonds is 6. The van der Waals surface area contributed by atoms with Crippen molar-refractivity contribution in [2.45, 2.75) is 33.1 Å². The highest BCUT2D eigenvalue weighted by Gasteiger charge is 2.10. The summed E-state index contributed by atoms with van der Waals surface area (Å²) in [6.07, 6.45) is 2.45. The highest BCUT2D eigenvalue weighted by molar-refractivity contribution is 5.78. The number of hydrogen-bond donors (Lipinski definition) is 1. The standard InChI is InChI=1S/C18H24N2O/c1-14-12-17(15(2)20(14)3)13-18(21)19-11-7-10-16-8-5-4-6-9-16/h4-6,8-9,12H,7,10-11,13H2,1-3H3,(H,19,21). The minimum absolute atomic E-state index is 0.108. The van der Waals surface area contributed by atoms with Crippen LogP contribution in [0.5, 0.6) is 0 Å². The van der Waals surface area contributed by atoms with Crippen LogP contribution in [0.25, 0.3) is 0 Å². The van der Waals surface area contributed by atoms with E-state index in [2.05, 4.69) is 54.1 Å². The van der Waals surface area contributed by atoms with Crippen molar-refractivity contribution in [1.82, 2.24) is 9.88 Å². The Kier molecular flexibility index (Phi) is 5.20. The molecule has 0 saturated carbocycles. The zero-order valence-corrected chi connectivity index (χ0v) is 13.1. The van der Waals surface area contributed by atoms with Gasteiger partial charge in [-0.2, -0.15) is 0 Å². The average Bonchev–Trinajstić information content (AvgIpc) is 2.72. The Morgan fingerprint density at radius 2 is 1.90 bits per heavy atom. The van der Waals surface area contributed by atoms with Crippen molar-refractivity contribution in [2.24, 2.45) is 7.05 Å². The molecule has 2 rings (SSSR count). The Bertz CT molecular complexity index is 599. The second kappa shape index (κ2) is 7.11. The van der Waals surface area contributed by atoms with Crippen molar-refractivity contribution in [3.05, 3.63) is 58.9 Å². The Morgan fingerprint density at radius 3 is 2.52 bits per heavy atom. The molecule has 0 bridgehead atoms. The lowest BCUT2D eigenvalue weighted by atomic mass is 10.1. The number of aromatic nitrogens is 1. The third-order valence-corrected chi connectivity index (χ3v) is 4.04. The van der Waals surface area contributed by atoms with Crippen molar-refractivity contribution >= 4 is 5.91 Å². The number of benzene rings is 1. The van der Waals surface area contributed by atoms with Gasteiger partial charge in [-0.25, -0.2) is 0 Å². The second-order valence-electron chi connectivity index (χ2n) is 5.57. The molecule has 1 aromatic heterocycles. The molecule has 0 atom stereocenters. The Hall–Kier alpha value is -2.03. The van der Waals surface area contributed by atoms with E-state index in [9.17, 15) is 4.79 Å². The van der Waals surface area contributed by atoms with Gasteiger partial charge in [0.1, 0.15) is 0 Å². The van der Waals surface area contributed by atoms with Gasteiger partial charge in [-0.1, -0.05) is 30.3 Å². The van der Waals surface area contributed by atoms with E-state index in [1.165, 1.54) is 17.0 Å². The Morgan fingerprint density at radius 1 is 1.19 bits per heavy atom. The Balaban J connectivity index is 1.74. The average molecular weight is 284 g/mol. The first-order valence-electron chi connectivity index (χ1n) is 7.50. The summed E-state index contributed by atoms with van der Waals surface area (Å²) in [5, 5.41) is 3.01. The van der Waals surface area contributed by atoms with Crippen LogP contribution in [0, 0.1) is 13.8 Å². The first-order valence-corrected chi connectivity index (χ1v) is 7.50. The van der Waals surface area contributed by atoms with E-state index in [0.29, 0.717) is 6.42 Å². The summed E-state index contributed by atoms with van der Waals surface area (Å²) >= 11 is 0. The molecule has 0 saturated heterocycles. The number of hydrogen-bond acceptors (Lipinski definition) is 1. The van der Waals surface area contributed by atoms with E-state index in [1.54, 1.807) is 0 Å². The highest BCUT2D eigenvalue weighted by atomic mass is 16.1. The third kappa shape index (κ3) is 4.22. The molecule has 0 spiro atoms. The molecule has 0 fully saturated rings. The monoisotopic (exact) mass is 284 g/mol. The number of amides is 1. The maximum Gasteiger partial charge on any atom is 0.224 e. The zero-order chi connectivity index (χ0) is 15.2. The van der Waals surface area contributed by atoms with Crippen LogP contribution in [0.3, 0.4) is 0 Å². The third-order valence-electron chi connectivity index (χ3n) is 4.04. The van der Waals surface area contributed by atoms with Crippen LogP contribution >= 0.6 is 0 Å². The second-order valence-corrected chi connectivity index (χ2v) is 5.57. The summed E-state index contributed by atoms with van der Waals surface area (Å²) in [5.74, 6) is 0.108. The minimum atomic E-state index is 0.108. The smallest absolute Gasteiger partial charge is 0.224 e. The maximum absolute atomic E-state index is 12.0. The van der Waals surface area contributed by atoms with Crippen molar-refractivity contribution in [3.8, 4) is 0 Å². The van der Waals surface area contributed by atoms with E-state index in [1.807, 2.05) is 13.1 Å². The summed E-state index contributed by atoms with van der Waals surface area (Å²) in [5.41, 5.74) is 4.81. The van der Waals surface area contributed by atoms with Crippen molar-refractivity contribution in [2.75, 3.05) is 6.54 Å². The van der Waals surface area contributed by atoms with Crippen LogP contribution in [0.1, 0.15) is 28.9 Å². The molecular weight excluding hydrogens is 260 g/mol. The van der Waals surface area contributed by atoms with Crippen LogP contribution in [-0.2, 0) is 24.7 Å². The number of nitrogens with zero attached hydrogens (tertiary/aromatic N) is 1. The van der Waals surface area contributed by atoms with Gasteiger partial charge in [-0.3, -0.25) is 4.79 Å². The summed E-state index contributed by atoms with van der Waals surface area (Å²) in [6.45, 7) is 4.86. The fourth-order valence-corrected chi connectivity index (χ4v) is 2.51. The van der Waals surface area contributed by atoms with E-state index >= 15 is 0 Å². The van der Waals surface area contributed by atoms with Gasteiger partial charge in [0.2, 0.25) is 5.91 Å². The fourth-order valence-electron chi connectivity index (χ4n) is 2.51. The van der Waals surface area contributed by atoms with Gasteiger partial charge in [0.05, 0.1) is 6.42 Å². The largest absolute Gasteiger partial charge is 0.356 e. The van der Waals surface area contributed by atoms with Crippen molar-refractivity contribution < 1.29 is 4.79 Å². The molecule has 2 aromatic rings. The van der Waals surface area contributed by atoms with Crippen LogP contribution < -0.4 is 5.32 Å². The predicted octanol–water partition coefficient (Wildman–Crippen LogP) is 2.93. The molecule has 0 aliphatic rings. The Labute approximate surface area is 127 Å². The molecule has 0 radical (unpaired) electrons. The van der Waals surface area contributed by atoms with Gasteiger partial charge in [0, 0.05) is 25.0 Å². The number of carbonyl (C=O) groups is 1. The molecule has 1 aromatic carbocycles. The molecule has 1 heterocycles. The highest BCUT2D eigenvalue weighted by Crippen LogP contribution is 2.13. The lowest BCUT2D eigenvalue weighted by molar-refractivity contribution is -0.120. The first kappa shape index (κ1) is 15.4. The SMILES string of the molecule is Cc1cc(CC(=O)NCCCc2ccccc2)c(C)n1C. The molecular formula is C18H24N2O. The van der Waals surface area contributed by atoms with Crippen LogP contribution in [-0.4, -0.2) is 17.0 Å². The first-order chi connectivity index (χ1) is 10.1. The normalized spacial score (nSPS) is 10.6. The predicted molar refractivity (Wildman–Crippen MR) is 86.4 cm³/mol. The summed E-state index contributed by atoms with van der Waals surface area (Å²) in [4.78, 5) is 12.0. The summed E-state index contributed by atoms with van der Waals surface area (Å²) < 4.78 is 2.12. The fraction of sp³-hybridized carbons (Fsp3) is 0.389. The lowest BCUT2D eigenvalue weighted by Crippen LogP contribution is -2.26. The van der Waals surface area contributed by atoms with Crippen LogP contribution in [0.15, 0.2) is 36.4 Å². The van der Waals surface area contributed by atoms with Gasteiger partial charge in [-0.15, -0.1) is 0 Å². The van der Waals surface area contributed by atoms with Gasteiger partial charge in [0.25, 0.3) is 0 Å².